The van der Waals surface area contributed by atoms with Gasteiger partial charge < -0.3 is 10.1 Å². The summed E-state index contributed by atoms with van der Waals surface area (Å²) in [6, 6.07) is 11.5. The number of pyridine rings is 1. The minimum atomic E-state index is -3.56. The van der Waals surface area contributed by atoms with Crippen LogP contribution in [0.2, 0.25) is 0 Å². The molecule has 3 heterocycles. The lowest BCUT2D eigenvalue weighted by Gasteiger charge is -2.31. The number of hydrogen-bond donors (Lipinski definition) is 1. The molecule has 1 atom stereocenters. The summed E-state index contributed by atoms with van der Waals surface area (Å²) in [7, 11) is -3.56. The summed E-state index contributed by atoms with van der Waals surface area (Å²) in [4.78, 5) is 19.2. The number of carbonyl (C=O) groups is 1. The predicted octanol–water partition coefficient (Wildman–Crippen LogP) is 2.02. The van der Waals surface area contributed by atoms with Gasteiger partial charge in [0.25, 0.3) is 0 Å². The van der Waals surface area contributed by atoms with E-state index in [9.17, 15) is 13.2 Å². The molecule has 0 bridgehead atoms. The van der Waals surface area contributed by atoms with Gasteiger partial charge in [0.05, 0.1) is 12.7 Å². The maximum Gasteiger partial charge on any atom is 0.244 e. The molecule has 8 nitrogen and oxygen atoms in total. The van der Waals surface area contributed by atoms with Gasteiger partial charge in [-0.1, -0.05) is 24.3 Å². The highest BCUT2D eigenvalue weighted by Crippen LogP contribution is 2.23. The van der Waals surface area contributed by atoms with Gasteiger partial charge in [-0.2, -0.15) is 4.31 Å². The molecule has 2 fully saturated rings. The van der Waals surface area contributed by atoms with Crippen LogP contribution in [0.4, 0.5) is 0 Å². The van der Waals surface area contributed by atoms with Crippen LogP contribution in [0.25, 0.3) is 0 Å². The Morgan fingerprint density at radius 1 is 1.15 bits per heavy atom. The lowest BCUT2D eigenvalue weighted by atomic mass is 9.97. The van der Waals surface area contributed by atoms with Crippen LogP contribution in [0, 0.1) is 5.92 Å². The maximum absolute atomic E-state index is 12.7. The highest BCUT2D eigenvalue weighted by Gasteiger charge is 2.32. The van der Waals surface area contributed by atoms with Crippen LogP contribution in [0.3, 0.4) is 0 Å². The smallest absolute Gasteiger partial charge is 0.244 e. The van der Waals surface area contributed by atoms with Crippen molar-refractivity contribution in [1.29, 1.82) is 0 Å². The quantitative estimate of drug-likeness (QED) is 0.663. The van der Waals surface area contributed by atoms with Gasteiger partial charge in [-0.25, -0.2) is 8.42 Å². The summed E-state index contributed by atoms with van der Waals surface area (Å²) in [6.45, 7) is 6.73. The minimum Gasteiger partial charge on any atom is -0.376 e. The average Bonchev–Trinajstić information content (AvgIpc) is 2.83. The molecule has 2 aliphatic heterocycles. The van der Waals surface area contributed by atoms with Crippen LogP contribution >= 0.6 is 0 Å². The SMILES string of the molecule is CC1CN(Cc2cccc(CNC(=O)C3CCN(S(=O)(=O)c4cccnc4)CC3)c2)CCO1. The van der Waals surface area contributed by atoms with E-state index < -0.39 is 10.0 Å². The van der Waals surface area contributed by atoms with Gasteiger partial charge in [0.2, 0.25) is 15.9 Å². The Hall–Kier alpha value is -2.33. The number of nitrogens with zero attached hydrogens (tertiary/aromatic N) is 3. The molecular formula is C24H32N4O4S. The van der Waals surface area contributed by atoms with E-state index in [1.165, 1.54) is 16.1 Å². The van der Waals surface area contributed by atoms with Crippen molar-refractivity contribution in [1.82, 2.24) is 19.5 Å². The van der Waals surface area contributed by atoms with Gasteiger partial charge in [-0.3, -0.25) is 14.7 Å². The predicted molar refractivity (Wildman–Crippen MR) is 125 cm³/mol. The summed E-state index contributed by atoms with van der Waals surface area (Å²) >= 11 is 0. The van der Waals surface area contributed by atoms with Crippen LogP contribution in [-0.2, 0) is 32.6 Å². The Balaban J connectivity index is 1.26. The highest BCUT2D eigenvalue weighted by molar-refractivity contribution is 7.89. The van der Waals surface area contributed by atoms with E-state index in [1.54, 1.807) is 18.3 Å². The molecule has 0 radical (unpaired) electrons. The third-order valence-corrected chi connectivity index (χ3v) is 8.17. The fourth-order valence-corrected chi connectivity index (χ4v) is 5.91. The first kappa shape index (κ1) is 23.8. The number of hydrogen-bond acceptors (Lipinski definition) is 6. The number of ether oxygens (including phenoxy) is 1. The van der Waals surface area contributed by atoms with Crippen molar-refractivity contribution < 1.29 is 17.9 Å². The number of sulfonamides is 1. The molecule has 9 heteroatoms. The van der Waals surface area contributed by atoms with Gasteiger partial charge in [-0.05, 0) is 43.0 Å². The van der Waals surface area contributed by atoms with Crippen molar-refractivity contribution in [3.63, 3.8) is 0 Å². The van der Waals surface area contributed by atoms with Crippen LogP contribution in [0.15, 0.2) is 53.7 Å². The Morgan fingerprint density at radius 2 is 1.94 bits per heavy atom. The van der Waals surface area contributed by atoms with E-state index in [2.05, 4.69) is 34.3 Å². The second kappa shape index (κ2) is 10.7. The van der Waals surface area contributed by atoms with Crippen molar-refractivity contribution in [3.8, 4) is 0 Å². The third-order valence-electron chi connectivity index (χ3n) is 6.29. The molecule has 178 valence electrons. The second-order valence-electron chi connectivity index (χ2n) is 8.82. The fourth-order valence-electron chi connectivity index (χ4n) is 4.47. The first-order valence-corrected chi connectivity index (χ1v) is 13.0. The van der Waals surface area contributed by atoms with E-state index in [-0.39, 0.29) is 22.8 Å². The van der Waals surface area contributed by atoms with Crippen LogP contribution in [0.1, 0.15) is 30.9 Å². The van der Waals surface area contributed by atoms with E-state index in [0.717, 1.165) is 31.8 Å². The number of carbonyl (C=O) groups excluding carboxylic acids is 1. The van der Waals surface area contributed by atoms with E-state index in [0.29, 0.717) is 32.5 Å². The Labute approximate surface area is 196 Å². The van der Waals surface area contributed by atoms with Gasteiger partial charge in [0.1, 0.15) is 4.90 Å². The molecule has 1 unspecified atom stereocenters. The standard InChI is InChI=1S/C24H32N4O4S/c1-19-17-27(12-13-32-19)18-21-5-2-4-20(14-21)15-26-24(29)22-7-10-28(11-8-22)33(30,31)23-6-3-9-25-16-23/h2-6,9,14,16,19,22H,7-8,10-13,15,17-18H2,1H3,(H,26,29). The van der Waals surface area contributed by atoms with Crippen molar-refractivity contribution in [2.45, 2.75) is 43.9 Å². The molecule has 0 spiro atoms. The molecule has 1 aromatic heterocycles. The Kier molecular flexibility index (Phi) is 7.75. The molecule has 0 saturated carbocycles. The number of piperidine rings is 1. The minimum absolute atomic E-state index is 0.0131. The first-order chi connectivity index (χ1) is 15.9. The Bertz CT molecular complexity index is 1040. The molecule has 0 aliphatic carbocycles. The van der Waals surface area contributed by atoms with Crippen molar-refractivity contribution in [2.75, 3.05) is 32.8 Å². The summed E-state index contributed by atoms with van der Waals surface area (Å²) in [5, 5.41) is 3.04. The number of nitrogens with one attached hydrogen (secondary N) is 1. The summed E-state index contributed by atoms with van der Waals surface area (Å²) in [6.07, 6.45) is 4.20. The lowest BCUT2D eigenvalue weighted by Crippen LogP contribution is -2.42. The molecule has 2 aromatic rings. The normalized spacial score (nSPS) is 21.1. The highest BCUT2D eigenvalue weighted by atomic mass is 32.2. The van der Waals surface area contributed by atoms with Gasteiger partial charge in [0.15, 0.2) is 0 Å². The number of benzene rings is 1. The maximum atomic E-state index is 12.7. The topological polar surface area (TPSA) is 91.8 Å². The molecule has 2 saturated heterocycles. The van der Waals surface area contributed by atoms with Crippen molar-refractivity contribution >= 4 is 15.9 Å². The van der Waals surface area contributed by atoms with E-state index in [4.69, 9.17) is 4.74 Å². The van der Waals surface area contributed by atoms with Crippen LogP contribution in [0.5, 0.6) is 0 Å². The van der Waals surface area contributed by atoms with Crippen LogP contribution < -0.4 is 5.32 Å². The molecule has 1 N–H and O–H groups in total. The summed E-state index contributed by atoms with van der Waals surface area (Å²) < 4.78 is 32.5. The molecule has 4 rings (SSSR count). The average molecular weight is 473 g/mol. The zero-order valence-electron chi connectivity index (χ0n) is 19.0. The van der Waals surface area contributed by atoms with Crippen molar-refractivity contribution in [3.05, 3.63) is 59.9 Å². The monoisotopic (exact) mass is 472 g/mol. The number of aromatic nitrogens is 1. The zero-order chi connectivity index (χ0) is 23.3. The second-order valence-corrected chi connectivity index (χ2v) is 10.8. The summed E-state index contributed by atoms with van der Waals surface area (Å²) in [5.74, 6) is -0.191. The number of rotatable bonds is 7. The molecule has 1 amide bonds. The van der Waals surface area contributed by atoms with Gasteiger partial charge >= 0.3 is 0 Å². The van der Waals surface area contributed by atoms with Crippen LogP contribution in [-0.4, -0.2) is 67.4 Å². The zero-order valence-corrected chi connectivity index (χ0v) is 19.8. The lowest BCUT2D eigenvalue weighted by molar-refractivity contribution is -0.126. The number of amides is 1. The Morgan fingerprint density at radius 3 is 2.67 bits per heavy atom. The van der Waals surface area contributed by atoms with Crippen molar-refractivity contribution in [2.24, 2.45) is 5.92 Å². The number of morpholine rings is 1. The fraction of sp³-hybridized carbons (Fsp3) is 0.500. The molecular weight excluding hydrogens is 440 g/mol. The van der Waals surface area contributed by atoms with E-state index >= 15 is 0 Å². The molecule has 33 heavy (non-hydrogen) atoms. The summed E-state index contributed by atoms with van der Waals surface area (Å²) in [5.41, 5.74) is 2.29. The third kappa shape index (κ3) is 6.17. The first-order valence-electron chi connectivity index (χ1n) is 11.5. The van der Waals surface area contributed by atoms with Gasteiger partial charge in [-0.15, -0.1) is 0 Å². The van der Waals surface area contributed by atoms with E-state index in [1.807, 2.05) is 12.1 Å². The molecule has 1 aromatic carbocycles. The van der Waals surface area contributed by atoms with Gasteiger partial charge in [0, 0.05) is 57.6 Å². The largest absolute Gasteiger partial charge is 0.376 e. The molecule has 2 aliphatic rings.